The molecule has 0 saturated heterocycles. The number of hydrogen-bond acceptors (Lipinski definition) is 5. The van der Waals surface area contributed by atoms with E-state index in [1.165, 1.54) is 103 Å². The van der Waals surface area contributed by atoms with Gasteiger partial charge >= 0.3 is 5.97 Å². The Morgan fingerprint density at radius 1 is 0.485 bits per heavy atom. The average Bonchev–Trinajstić information content (AvgIpc) is 3.31. The molecule has 0 aliphatic carbocycles. The third kappa shape index (κ3) is 47.3. The Kier molecular flexibility index (Phi) is 50.2. The normalized spacial score (nSPS) is 14.0. The lowest BCUT2D eigenvalue weighted by Gasteiger charge is -2.24. The largest absolute Gasteiger partial charge is 0.461 e. The van der Waals surface area contributed by atoms with Gasteiger partial charge in [-0.2, -0.15) is 0 Å². The van der Waals surface area contributed by atoms with Gasteiger partial charge < -0.3 is 20.3 Å². The molecule has 0 aliphatic rings. The van der Waals surface area contributed by atoms with Crippen LogP contribution in [-0.4, -0.2) is 46.9 Å². The number of carbonyl (C=O) groups is 2. The number of allylic oxidation sites excluding steroid dienone is 15. The molecule has 6 heteroatoms. The van der Waals surface area contributed by atoms with Crippen LogP contribution in [0.4, 0.5) is 0 Å². The number of ether oxygens (including phenoxy) is 1. The molecule has 0 aromatic rings. The number of amides is 1. The van der Waals surface area contributed by atoms with E-state index in [-0.39, 0.29) is 24.9 Å². The van der Waals surface area contributed by atoms with E-state index in [1.54, 1.807) is 0 Å². The maximum Gasteiger partial charge on any atom is 0.306 e. The van der Waals surface area contributed by atoms with Crippen LogP contribution in [-0.2, 0) is 14.3 Å². The first-order valence-electron chi connectivity index (χ1n) is 27.5. The first-order valence-corrected chi connectivity index (χ1v) is 27.5. The van der Waals surface area contributed by atoms with Crippen LogP contribution in [0.15, 0.2) is 97.2 Å². The fourth-order valence-electron chi connectivity index (χ4n) is 7.81. The Labute approximate surface area is 407 Å². The zero-order chi connectivity index (χ0) is 48.1. The van der Waals surface area contributed by atoms with Gasteiger partial charge in [0.25, 0.3) is 0 Å². The number of esters is 1. The van der Waals surface area contributed by atoms with E-state index in [0.29, 0.717) is 19.3 Å². The average molecular weight is 918 g/mol. The summed E-state index contributed by atoms with van der Waals surface area (Å²) in [7, 11) is 0. The molecular weight excluding hydrogens is 815 g/mol. The van der Waals surface area contributed by atoms with Crippen molar-refractivity contribution in [2.45, 2.75) is 264 Å². The molecule has 0 fully saturated rings. The van der Waals surface area contributed by atoms with Gasteiger partial charge in [0.2, 0.25) is 5.91 Å². The van der Waals surface area contributed by atoms with E-state index in [4.69, 9.17) is 4.74 Å². The Bertz CT molecular complexity index is 1310. The minimum atomic E-state index is -0.821. The molecule has 0 saturated carbocycles. The predicted octanol–water partition coefficient (Wildman–Crippen LogP) is 16.9. The number of aliphatic hydroxyl groups is 2. The zero-order valence-electron chi connectivity index (χ0n) is 43.0. The molecule has 0 aliphatic heterocycles. The van der Waals surface area contributed by atoms with Crippen LogP contribution in [0.2, 0.25) is 0 Å². The molecule has 0 aromatic heterocycles. The van der Waals surface area contributed by atoms with Gasteiger partial charge in [-0.25, -0.2) is 0 Å². The van der Waals surface area contributed by atoms with Crippen LogP contribution in [0.3, 0.4) is 0 Å². The van der Waals surface area contributed by atoms with E-state index >= 15 is 0 Å². The van der Waals surface area contributed by atoms with Crippen molar-refractivity contribution in [1.29, 1.82) is 0 Å². The summed E-state index contributed by atoms with van der Waals surface area (Å²) in [6, 6.07) is -0.742. The van der Waals surface area contributed by atoms with Crippen molar-refractivity contribution < 1.29 is 24.5 Å². The number of nitrogens with one attached hydrogen (secondary N) is 1. The highest BCUT2D eigenvalue weighted by molar-refractivity contribution is 5.77. The van der Waals surface area contributed by atoms with Crippen molar-refractivity contribution in [3.8, 4) is 0 Å². The summed E-state index contributed by atoms with van der Waals surface area (Å²) in [5.41, 5.74) is 0. The molecule has 6 nitrogen and oxygen atoms in total. The summed E-state index contributed by atoms with van der Waals surface area (Å²) < 4.78 is 5.87. The van der Waals surface area contributed by atoms with Crippen molar-refractivity contribution in [2.24, 2.45) is 0 Å². The molecule has 3 unspecified atom stereocenters. The SMILES string of the molecule is CC/C=C\C/C=C\C/C=C\C/C=C\C/C=C\CC(CC(=O)NC(CO)C(O)CCCCCCCCCCCCCCCC)OC(=O)CCCCCCC/C=C/C=C/C=C/CCCCCCC. The van der Waals surface area contributed by atoms with Crippen molar-refractivity contribution in [3.63, 3.8) is 0 Å². The van der Waals surface area contributed by atoms with Gasteiger partial charge in [0.05, 0.1) is 25.2 Å². The monoisotopic (exact) mass is 918 g/mol. The van der Waals surface area contributed by atoms with Gasteiger partial charge in [0.15, 0.2) is 0 Å². The zero-order valence-corrected chi connectivity index (χ0v) is 43.0. The van der Waals surface area contributed by atoms with Crippen LogP contribution < -0.4 is 5.32 Å². The minimum absolute atomic E-state index is 0.0136. The van der Waals surface area contributed by atoms with E-state index in [1.807, 2.05) is 12.2 Å². The Morgan fingerprint density at radius 3 is 1.35 bits per heavy atom. The lowest BCUT2D eigenvalue weighted by atomic mass is 10.0. The van der Waals surface area contributed by atoms with E-state index in [0.717, 1.165) is 96.3 Å². The third-order valence-electron chi connectivity index (χ3n) is 12.0. The summed E-state index contributed by atoms with van der Waals surface area (Å²) in [5.74, 6) is -0.606. The lowest BCUT2D eigenvalue weighted by molar-refractivity contribution is -0.150. The van der Waals surface area contributed by atoms with E-state index < -0.39 is 18.2 Å². The molecule has 378 valence electrons. The maximum atomic E-state index is 13.2. The molecule has 0 rings (SSSR count). The molecule has 0 radical (unpaired) electrons. The molecule has 1 amide bonds. The summed E-state index contributed by atoms with van der Waals surface area (Å²) in [4.78, 5) is 26.2. The summed E-state index contributed by atoms with van der Waals surface area (Å²) in [5, 5.41) is 23.8. The highest BCUT2D eigenvalue weighted by atomic mass is 16.5. The molecular formula is C60H103NO5. The second kappa shape index (κ2) is 52.7. The fourth-order valence-corrected chi connectivity index (χ4v) is 7.81. The number of unbranched alkanes of at least 4 members (excludes halogenated alkanes) is 23. The van der Waals surface area contributed by atoms with Crippen LogP contribution >= 0.6 is 0 Å². The highest BCUT2D eigenvalue weighted by Crippen LogP contribution is 2.16. The third-order valence-corrected chi connectivity index (χ3v) is 12.0. The van der Waals surface area contributed by atoms with Gasteiger partial charge in [0, 0.05) is 12.8 Å². The molecule has 66 heavy (non-hydrogen) atoms. The van der Waals surface area contributed by atoms with Gasteiger partial charge in [-0.05, 0) is 70.6 Å². The van der Waals surface area contributed by atoms with Crippen LogP contribution in [0, 0.1) is 0 Å². The molecule has 0 aromatic carbocycles. The molecule has 0 spiro atoms. The van der Waals surface area contributed by atoms with Crippen LogP contribution in [0.5, 0.6) is 0 Å². The standard InChI is InChI=1S/C60H103NO5/c1-4-7-10-13-16-19-22-25-28-29-30-32-35-38-41-44-47-50-53-60(65)66-56(51-48-45-42-39-36-33-31-26-23-20-17-14-11-8-5-2)54-59(64)61-57(55-62)58(63)52-49-46-43-40-37-34-27-24-21-18-15-12-9-6-3/h8,11,17,20,22,25-26,28-32,36,39,45,48,56-58,62-63H,4-7,9-10,12-16,18-19,21,23-24,27,33-35,37-38,40-44,46-47,49-55H2,1-3H3,(H,61,64)/b11-8-,20-17-,25-22+,29-28+,31-26-,32-30+,39-36-,48-45-. The Balaban J connectivity index is 4.74. The number of carbonyl (C=O) groups excluding carboxylic acids is 2. The Morgan fingerprint density at radius 2 is 0.894 bits per heavy atom. The number of hydrogen-bond donors (Lipinski definition) is 3. The summed E-state index contributed by atoms with van der Waals surface area (Å²) in [6.07, 6.45) is 70.5. The second-order valence-corrected chi connectivity index (χ2v) is 18.3. The lowest BCUT2D eigenvalue weighted by Crippen LogP contribution is -2.46. The summed E-state index contributed by atoms with van der Waals surface area (Å²) >= 11 is 0. The topological polar surface area (TPSA) is 95.9 Å². The first-order chi connectivity index (χ1) is 32.5. The predicted molar refractivity (Wildman–Crippen MR) is 287 cm³/mol. The summed E-state index contributed by atoms with van der Waals surface area (Å²) in [6.45, 7) is 6.32. The molecule has 3 atom stereocenters. The van der Waals surface area contributed by atoms with Gasteiger partial charge in [-0.1, -0.05) is 253 Å². The van der Waals surface area contributed by atoms with E-state index in [9.17, 15) is 19.8 Å². The second-order valence-electron chi connectivity index (χ2n) is 18.3. The molecule has 3 N–H and O–H groups in total. The van der Waals surface area contributed by atoms with Gasteiger partial charge in [-0.15, -0.1) is 0 Å². The first kappa shape index (κ1) is 62.8. The van der Waals surface area contributed by atoms with Gasteiger partial charge in [-0.3, -0.25) is 9.59 Å². The number of aliphatic hydroxyl groups excluding tert-OH is 2. The fraction of sp³-hybridized carbons (Fsp3) is 0.700. The molecule has 0 bridgehead atoms. The van der Waals surface area contributed by atoms with Crippen LogP contribution in [0.1, 0.15) is 245 Å². The van der Waals surface area contributed by atoms with Crippen LogP contribution in [0.25, 0.3) is 0 Å². The van der Waals surface area contributed by atoms with Crippen molar-refractivity contribution in [1.82, 2.24) is 5.32 Å². The quantitative estimate of drug-likeness (QED) is 0.0245. The number of rotatable bonds is 48. The van der Waals surface area contributed by atoms with Crippen molar-refractivity contribution in [2.75, 3.05) is 6.61 Å². The minimum Gasteiger partial charge on any atom is -0.461 e. The Hall–Kier alpha value is -3.22. The highest BCUT2D eigenvalue weighted by Gasteiger charge is 2.23. The molecule has 0 heterocycles. The smallest absolute Gasteiger partial charge is 0.306 e. The van der Waals surface area contributed by atoms with Gasteiger partial charge in [0.1, 0.15) is 6.10 Å². The van der Waals surface area contributed by atoms with Crippen molar-refractivity contribution in [3.05, 3.63) is 97.2 Å². The maximum absolute atomic E-state index is 13.2. The van der Waals surface area contributed by atoms with Crippen molar-refractivity contribution >= 4 is 11.9 Å². The van der Waals surface area contributed by atoms with E-state index in [2.05, 4.69) is 111 Å².